The number of nitro groups is 1. The van der Waals surface area contributed by atoms with Crippen LogP contribution in [0.1, 0.15) is 24.0 Å². The van der Waals surface area contributed by atoms with Crippen molar-refractivity contribution in [3.05, 3.63) is 69.9 Å². The summed E-state index contributed by atoms with van der Waals surface area (Å²) < 4.78 is 0. The standard InChI is InChI=1S/C19H19N3O3/c1-13-9-10-15(11-18(13)22(24)25)21-19(23)8-4-5-14-12-20-17-7-3-2-6-16(14)17/h2-3,6-7,9-12,20H,4-5,8H2,1H3,(H,21,23). The second-order valence-electron chi connectivity index (χ2n) is 6.02. The van der Waals surface area contributed by atoms with E-state index in [1.165, 1.54) is 17.0 Å². The summed E-state index contributed by atoms with van der Waals surface area (Å²) in [7, 11) is 0. The molecule has 6 nitrogen and oxygen atoms in total. The van der Waals surface area contributed by atoms with E-state index in [9.17, 15) is 14.9 Å². The smallest absolute Gasteiger partial charge is 0.274 e. The van der Waals surface area contributed by atoms with E-state index in [1.54, 1.807) is 19.1 Å². The quantitative estimate of drug-likeness (QED) is 0.518. The topological polar surface area (TPSA) is 88.0 Å². The summed E-state index contributed by atoms with van der Waals surface area (Å²) in [5.74, 6) is -0.141. The van der Waals surface area contributed by atoms with Gasteiger partial charge in [-0.25, -0.2) is 0 Å². The van der Waals surface area contributed by atoms with Crippen molar-refractivity contribution < 1.29 is 9.72 Å². The number of carbonyl (C=O) groups excluding carboxylic acids is 1. The molecule has 1 aromatic heterocycles. The number of aromatic amines is 1. The Labute approximate surface area is 145 Å². The molecule has 0 bridgehead atoms. The van der Waals surface area contributed by atoms with Crippen molar-refractivity contribution in [1.29, 1.82) is 0 Å². The molecule has 128 valence electrons. The molecule has 3 aromatic rings. The second kappa shape index (κ2) is 7.17. The number of H-pyrrole nitrogens is 1. The van der Waals surface area contributed by atoms with Gasteiger partial charge >= 0.3 is 0 Å². The molecule has 0 spiro atoms. The molecular formula is C19H19N3O3. The number of hydrogen-bond donors (Lipinski definition) is 2. The highest BCUT2D eigenvalue weighted by molar-refractivity contribution is 5.91. The molecule has 6 heteroatoms. The van der Waals surface area contributed by atoms with Gasteiger partial charge < -0.3 is 10.3 Å². The summed E-state index contributed by atoms with van der Waals surface area (Å²) in [6.45, 7) is 1.67. The average Bonchev–Trinajstić information content (AvgIpc) is 3.00. The van der Waals surface area contributed by atoms with Crippen LogP contribution in [0.3, 0.4) is 0 Å². The summed E-state index contributed by atoms with van der Waals surface area (Å²) >= 11 is 0. The number of aromatic nitrogens is 1. The van der Waals surface area contributed by atoms with Gasteiger partial charge in [-0.2, -0.15) is 0 Å². The number of aryl methyl sites for hydroxylation is 2. The van der Waals surface area contributed by atoms with E-state index in [4.69, 9.17) is 0 Å². The number of rotatable bonds is 6. The van der Waals surface area contributed by atoms with Crippen LogP contribution in [-0.4, -0.2) is 15.8 Å². The predicted molar refractivity (Wildman–Crippen MR) is 97.7 cm³/mol. The minimum absolute atomic E-state index is 0.0107. The third-order valence-corrected chi connectivity index (χ3v) is 4.21. The van der Waals surface area contributed by atoms with Gasteiger partial charge in [-0.1, -0.05) is 24.3 Å². The molecule has 1 amide bonds. The second-order valence-corrected chi connectivity index (χ2v) is 6.02. The van der Waals surface area contributed by atoms with Gasteiger partial charge in [0.1, 0.15) is 0 Å². The number of hydrogen-bond acceptors (Lipinski definition) is 3. The van der Waals surface area contributed by atoms with Gasteiger partial charge in [0.2, 0.25) is 5.91 Å². The maximum atomic E-state index is 12.1. The maximum absolute atomic E-state index is 12.1. The largest absolute Gasteiger partial charge is 0.361 e. The minimum Gasteiger partial charge on any atom is -0.361 e. The first-order valence-corrected chi connectivity index (χ1v) is 8.14. The Hall–Kier alpha value is -3.15. The lowest BCUT2D eigenvalue weighted by molar-refractivity contribution is -0.385. The fourth-order valence-corrected chi connectivity index (χ4v) is 2.89. The average molecular weight is 337 g/mol. The Kier molecular flexibility index (Phi) is 4.79. The molecule has 0 radical (unpaired) electrons. The number of anilines is 1. The summed E-state index contributed by atoms with van der Waals surface area (Å²) in [4.78, 5) is 25.8. The third-order valence-electron chi connectivity index (χ3n) is 4.21. The number of amides is 1. The summed E-state index contributed by atoms with van der Waals surface area (Å²) in [6, 6.07) is 12.8. The van der Waals surface area contributed by atoms with Crippen LogP contribution in [0, 0.1) is 17.0 Å². The van der Waals surface area contributed by atoms with Gasteiger partial charge in [0, 0.05) is 40.8 Å². The van der Waals surface area contributed by atoms with Crippen molar-refractivity contribution in [2.24, 2.45) is 0 Å². The molecule has 0 saturated heterocycles. The monoisotopic (exact) mass is 337 g/mol. The zero-order chi connectivity index (χ0) is 17.8. The highest BCUT2D eigenvalue weighted by Gasteiger charge is 2.12. The summed E-state index contributed by atoms with van der Waals surface area (Å²) in [5, 5.41) is 14.9. The lowest BCUT2D eigenvalue weighted by Gasteiger charge is -2.06. The van der Waals surface area contributed by atoms with Gasteiger partial charge in [0.05, 0.1) is 4.92 Å². The molecule has 0 aliphatic carbocycles. The zero-order valence-corrected chi connectivity index (χ0v) is 13.9. The summed E-state index contributed by atoms with van der Waals surface area (Å²) in [5.41, 5.74) is 3.32. The molecule has 3 rings (SSSR count). The van der Waals surface area contributed by atoms with Crippen molar-refractivity contribution in [3.8, 4) is 0 Å². The first kappa shape index (κ1) is 16.7. The predicted octanol–water partition coefficient (Wildman–Crippen LogP) is 4.35. The molecule has 2 aromatic carbocycles. The number of fused-ring (bicyclic) bond motifs is 1. The van der Waals surface area contributed by atoms with E-state index in [2.05, 4.69) is 16.4 Å². The van der Waals surface area contributed by atoms with Gasteiger partial charge in [0.25, 0.3) is 5.69 Å². The van der Waals surface area contributed by atoms with Crippen LogP contribution in [0.2, 0.25) is 0 Å². The lowest BCUT2D eigenvalue weighted by Crippen LogP contribution is -2.11. The third kappa shape index (κ3) is 3.85. The Bertz CT molecular complexity index is 931. The number of nitrogens with zero attached hydrogens (tertiary/aromatic N) is 1. The number of nitrogens with one attached hydrogen (secondary N) is 2. The molecule has 2 N–H and O–H groups in total. The SMILES string of the molecule is Cc1ccc(NC(=O)CCCc2c[nH]c3ccccc23)cc1[N+](=O)[O-]. The van der Waals surface area contributed by atoms with Gasteiger partial charge in [-0.3, -0.25) is 14.9 Å². The normalized spacial score (nSPS) is 10.8. The van der Waals surface area contributed by atoms with Crippen molar-refractivity contribution in [3.63, 3.8) is 0 Å². The van der Waals surface area contributed by atoms with Crippen LogP contribution in [0.15, 0.2) is 48.7 Å². The van der Waals surface area contributed by atoms with Crippen LogP contribution in [0.25, 0.3) is 10.9 Å². The zero-order valence-electron chi connectivity index (χ0n) is 13.9. The van der Waals surface area contributed by atoms with Crippen molar-refractivity contribution in [1.82, 2.24) is 4.98 Å². The van der Waals surface area contributed by atoms with Crippen molar-refractivity contribution >= 4 is 28.2 Å². The molecule has 1 heterocycles. The Morgan fingerprint density at radius 1 is 1.24 bits per heavy atom. The summed E-state index contributed by atoms with van der Waals surface area (Å²) in [6.07, 6.45) is 3.85. The molecule has 25 heavy (non-hydrogen) atoms. The Morgan fingerprint density at radius 3 is 2.84 bits per heavy atom. The Morgan fingerprint density at radius 2 is 2.04 bits per heavy atom. The molecule has 0 atom stereocenters. The first-order chi connectivity index (χ1) is 12.0. The highest BCUT2D eigenvalue weighted by Crippen LogP contribution is 2.23. The lowest BCUT2D eigenvalue weighted by atomic mass is 10.1. The fourth-order valence-electron chi connectivity index (χ4n) is 2.89. The fraction of sp³-hybridized carbons (Fsp3) is 0.211. The van der Waals surface area contributed by atoms with E-state index in [1.807, 2.05) is 24.4 Å². The van der Waals surface area contributed by atoms with E-state index >= 15 is 0 Å². The van der Waals surface area contributed by atoms with Crippen molar-refractivity contribution in [2.75, 3.05) is 5.32 Å². The highest BCUT2D eigenvalue weighted by atomic mass is 16.6. The molecular weight excluding hydrogens is 318 g/mol. The van der Waals surface area contributed by atoms with E-state index in [-0.39, 0.29) is 11.6 Å². The molecule has 0 aliphatic heterocycles. The van der Waals surface area contributed by atoms with Gasteiger partial charge in [-0.05, 0) is 37.5 Å². The number of para-hydroxylation sites is 1. The molecule has 0 unspecified atom stereocenters. The van der Waals surface area contributed by atoms with Crippen LogP contribution in [0.5, 0.6) is 0 Å². The van der Waals surface area contributed by atoms with E-state index in [0.29, 0.717) is 24.1 Å². The van der Waals surface area contributed by atoms with Crippen LogP contribution >= 0.6 is 0 Å². The molecule has 0 saturated carbocycles. The van der Waals surface area contributed by atoms with Crippen molar-refractivity contribution in [2.45, 2.75) is 26.2 Å². The Balaban J connectivity index is 1.56. The van der Waals surface area contributed by atoms with Crippen LogP contribution < -0.4 is 5.32 Å². The minimum atomic E-state index is -0.442. The van der Waals surface area contributed by atoms with Crippen LogP contribution in [-0.2, 0) is 11.2 Å². The van der Waals surface area contributed by atoms with E-state index in [0.717, 1.165) is 11.9 Å². The van der Waals surface area contributed by atoms with Gasteiger partial charge in [0.15, 0.2) is 0 Å². The first-order valence-electron chi connectivity index (χ1n) is 8.14. The maximum Gasteiger partial charge on any atom is 0.274 e. The van der Waals surface area contributed by atoms with E-state index < -0.39 is 4.92 Å². The molecule has 0 fully saturated rings. The van der Waals surface area contributed by atoms with Crippen LogP contribution in [0.4, 0.5) is 11.4 Å². The number of nitro benzene ring substituents is 1. The number of benzene rings is 2. The molecule has 0 aliphatic rings. The number of carbonyl (C=O) groups is 1. The van der Waals surface area contributed by atoms with Gasteiger partial charge in [-0.15, -0.1) is 0 Å².